The van der Waals surface area contributed by atoms with Crippen LogP contribution in [-0.4, -0.2) is 33.0 Å². The van der Waals surface area contributed by atoms with Gasteiger partial charge in [0.25, 0.3) is 5.91 Å². The van der Waals surface area contributed by atoms with Crippen molar-refractivity contribution in [1.29, 1.82) is 0 Å². The number of benzene rings is 3. The van der Waals surface area contributed by atoms with Crippen LogP contribution in [-0.2, 0) is 11.2 Å². The predicted octanol–water partition coefficient (Wildman–Crippen LogP) is 3.80. The molecule has 0 aliphatic heterocycles. The standard InChI is InChI=1S/C21H16ClN3O3/c22-15-6-3-7-16-19(15)25-18(23-16)11-17(21(27)28)24-20(26)14-9-8-12-4-1-2-5-13(12)10-14/h1-10,17H,11H2,(H,23,25)(H,24,26)(H,27,28). The molecule has 3 aromatic carbocycles. The number of para-hydroxylation sites is 1. The average Bonchev–Trinajstić information content (AvgIpc) is 3.11. The number of carboxylic acids is 1. The van der Waals surface area contributed by atoms with E-state index in [9.17, 15) is 14.7 Å². The Balaban J connectivity index is 1.56. The molecule has 1 heterocycles. The molecule has 0 aliphatic rings. The SMILES string of the molecule is O=C(NC(Cc1nc2c(Cl)cccc2[nH]1)C(=O)O)c1ccc2ccccc2c1. The van der Waals surface area contributed by atoms with Gasteiger partial charge in [-0.3, -0.25) is 4.79 Å². The minimum absolute atomic E-state index is 0.0136. The monoisotopic (exact) mass is 393 g/mol. The summed E-state index contributed by atoms with van der Waals surface area (Å²) in [6.07, 6.45) is 0.0136. The Morgan fingerprint density at radius 1 is 1.07 bits per heavy atom. The van der Waals surface area contributed by atoms with Crippen molar-refractivity contribution in [2.75, 3.05) is 0 Å². The van der Waals surface area contributed by atoms with Gasteiger partial charge in [-0.15, -0.1) is 0 Å². The zero-order chi connectivity index (χ0) is 19.7. The third-order valence-corrected chi connectivity index (χ3v) is 4.83. The number of nitrogens with one attached hydrogen (secondary N) is 2. The summed E-state index contributed by atoms with van der Waals surface area (Å²) in [5.41, 5.74) is 1.69. The lowest BCUT2D eigenvalue weighted by Crippen LogP contribution is -2.42. The summed E-state index contributed by atoms with van der Waals surface area (Å²) in [6, 6.07) is 17.1. The van der Waals surface area contributed by atoms with Gasteiger partial charge in [0.05, 0.1) is 10.5 Å². The molecule has 0 saturated carbocycles. The molecule has 28 heavy (non-hydrogen) atoms. The van der Waals surface area contributed by atoms with E-state index < -0.39 is 17.9 Å². The number of hydrogen-bond donors (Lipinski definition) is 3. The second kappa shape index (κ2) is 7.32. The van der Waals surface area contributed by atoms with Crippen LogP contribution in [0, 0.1) is 0 Å². The lowest BCUT2D eigenvalue weighted by molar-refractivity contribution is -0.139. The van der Waals surface area contributed by atoms with Crippen LogP contribution in [0.5, 0.6) is 0 Å². The Hall–Kier alpha value is -3.38. The topological polar surface area (TPSA) is 95.1 Å². The maximum atomic E-state index is 12.6. The fraction of sp³-hybridized carbons (Fsp3) is 0.0952. The highest BCUT2D eigenvalue weighted by Crippen LogP contribution is 2.21. The van der Waals surface area contributed by atoms with Crippen molar-refractivity contribution >= 4 is 45.3 Å². The van der Waals surface area contributed by atoms with Gasteiger partial charge in [-0.25, -0.2) is 9.78 Å². The molecule has 7 heteroatoms. The van der Waals surface area contributed by atoms with Crippen LogP contribution in [0.15, 0.2) is 60.7 Å². The zero-order valence-electron chi connectivity index (χ0n) is 14.6. The highest BCUT2D eigenvalue weighted by molar-refractivity contribution is 6.34. The van der Waals surface area contributed by atoms with Crippen molar-refractivity contribution in [3.8, 4) is 0 Å². The predicted molar refractivity (Wildman–Crippen MR) is 108 cm³/mol. The number of carbonyl (C=O) groups excluding carboxylic acids is 1. The van der Waals surface area contributed by atoms with Crippen LogP contribution < -0.4 is 5.32 Å². The van der Waals surface area contributed by atoms with Crippen molar-refractivity contribution in [1.82, 2.24) is 15.3 Å². The van der Waals surface area contributed by atoms with E-state index in [1.807, 2.05) is 30.3 Å². The van der Waals surface area contributed by atoms with Gasteiger partial charge in [0.15, 0.2) is 0 Å². The number of carbonyl (C=O) groups is 2. The fourth-order valence-corrected chi connectivity index (χ4v) is 3.33. The maximum absolute atomic E-state index is 12.6. The number of halogens is 1. The molecule has 0 radical (unpaired) electrons. The second-order valence-electron chi connectivity index (χ2n) is 6.45. The number of imidazole rings is 1. The van der Waals surface area contributed by atoms with Gasteiger partial charge in [0, 0.05) is 12.0 Å². The summed E-state index contributed by atoms with van der Waals surface area (Å²) >= 11 is 6.11. The number of nitrogens with zero attached hydrogens (tertiary/aromatic N) is 1. The smallest absolute Gasteiger partial charge is 0.326 e. The van der Waals surface area contributed by atoms with Gasteiger partial charge >= 0.3 is 5.97 Å². The molecule has 0 fully saturated rings. The van der Waals surface area contributed by atoms with E-state index in [0.717, 1.165) is 10.8 Å². The van der Waals surface area contributed by atoms with Crippen molar-refractivity contribution in [2.24, 2.45) is 0 Å². The summed E-state index contributed by atoms with van der Waals surface area (Å²) in [6.45, 7) is 0. The normalized spacial score (nSPS) is 12.2. The minimum atomic E-state index is -1.14. The number of fused-ring (bicyclic) bond motifs is 2. The molecule has 6 nitrogen and oxygen atoms in total. The third-order valence-electron chi connectivity index (χ3n) is 4.53. The van der Waals surface area contributed by atoms with Crippen LogP contribution in [0.25, 0.3) is 21.8 Å². The molecular formula is C21H16ClN3O3. The van der Waals surface area contributed by atoms with E-state index in [1.165, 1.54) is 0 Å². The number of aromatic amines is 1. The van der Waals surface area contributed by atoms with Crippen molar-refractivity contribution in [2.45, 2.75) is 12.5 Å². The first-order valence-electron chi connectivity index (χ1n) is 8.67. The molecule has 4 rings (SSSR count). The Morgan fingerprint density at radius 3 is 2.61 bits per heavy atom. The van der Waals surface area contributed by atoms with E-state index in [4.69, 9.17) is 11.6 Å². The van der Waals surface area contributed by atoms with Gasteiger partial charge in [-0.2, -0.15) is 0 Å². The fourth-order valence-electron chi connectivity index (χ4n) is 3.11. The lowest BCUT2D eigenvalue weighted by Gasteiger charge is -2.13. The van der Waals surface area contributed by atoms with Gasteiger partial charge in [-0.1, -0.05) is 48.0 Å². The number of carboxylic acid groups (broad SMARTS) is 1. The van der Waals surface area contributed by atoms with Crippen molar-refractivity contribution < 1.29 is 14.7 Å². The Kier molecular flexibility index (Phi) is 4.71. The van der Waals surface area contributed by atoms with E-state index in [0.29, 0.717) is 27.4 Å². The molecule has 3 N–H and O–H groups in total. The molecule has 1 aromatic heterocycles. The molecule has 4 aromatic rings. The number of amides is 1. The molecule has 0 saturated heterocycles. The summed E-state index contributed by atoms with van der Waals surface area (Å²) < 4.78 is 0. The quantitative estimate of drug-likeness (QED) is 0.480. The Bertz CT molecular complexity index is 1200. The molecule has 1 unspecified atom stereocenters. The molecule has 140 valence electrons. The van der Waals surface area contributed by atoms with E-state index in [1.54, 1.807) is 30.3 Å². The molecule has 1 amide bonds. The van der Waals surface area contributed by atoms with E-state index in [-0.39, 0.29) is 6.42 Å². The lowest BCUT2D eigenvalue weighted by atomic mass is 10.1. The molecular weight excluding hydrogens is 378 g/mol. The zero-order valence-corrected chi connectivity index (χ0v) is 15.4. The summed E-state index contributed by atoms with van der Waals surface area (Å²) in [7, 11) is 0. The summed E-state index contributed by atoms with van der Waals surface area (Å²) in [4.78, 5) is 31.7. The number of aliphatic carboxylic acids is 1. The van der Waals surface area contributed by atoms with E-state index in [2.05, 4.69) is 15.3 Å². The Morgan fingerprint density at radius 2 is 1.86 bits per heavy atom. The molecule has 0 bridgehead atoms. The summed E-state index contributed by atoms with van der Waals surface area (Å²) in [5.74, 6) is -1.15. The van der Waals surface area contributed by atoms with Crippen LogP contribution in [0.3, 0.4) is 0 Å². The first-order valence-corrected chi connectivity index (χ1v) is 9.04. The summed E-state index contributed by atoms with van der Waals surface area (Å²) in [5, 5.41) is 14.5. The van der Waals surface area contributed by atoms with Crippen LogP contribution in [0.1, 0.15) is 16.2 Å². The molecule has 0 aliphatic carbocycles. The number of aromatic nitrogens is 2. The molecule has 1 atom stereocenters. The number of hydrogen-bond acceptors (Lipinski definition) is 3. The highest BCUT2D eigenvalue weighted by Gasteiger charge is 2.23. The van der Waals surface area contributed by atoms with E-state index >= 15 is 0 Å². The van der Waals surface area contributed by atoms with Gasteiger partial charge < -0.3 is 15.4 Å². The van der Waals surface area contributed by atoms with Crippen molar-refractivity contribution in [3.63, 3.8) is 0 Å². The van der Waals surface area contributed by atoms with Gasteiger partial charge in [-0.05, 0) is 35.0 Å². The minimum Gasteiger partial charge on any atom is -0.480 e. The number of rotatable bonds is 5. The highest BCUT2D eigenvalue weighted by atomic mass is 35.5. The van der Waals surface area contributed by atoms with Crippen LogP contribution in [0.2, 0.25) is 5.02 Å². The first-order chi connectivity index (χ1) is 13.5. The molecule has 0 spiro atoms. The third kappa shape index (κ3) is 3.54. The van der Waals surface area contributed by atoms with Crippen LogP contribution >= 0.6 is 11.6 Å². The second-order valence-corrected chi connectivity index (χ2v) is 6.86. The van der Waals surface area contributed by atoms with Crippen molar-refractivity contribution in [3.05, 3.63) is 77.1 Å². The largest absolute Gasteiger partial charge is 0.480 e. The van der Waals surface area contributed by atoms with Gasteiger partial charge in [0.1, 0.15) is 17.4 Å². The Labute approximate surface area is 165 Å². The van der Waals surface area contributed by atoms with Crippen LogP contribution in [0.4, 0.5) is 0 Å². The van der Waals surface area contributed by atoms with Gasteiger partial charge in [0.2, 0.25) is 0 Å². The number of H-pyrrole nitrogens is 1. The first kappa shape index (κ1) is 18.0. The average molecular weight is 394 g/mol. The maximum Gasteiger partial charge on any atom is 0.326 e.